The van der Waals surface area contributed by atoms with Gasteiger partial charge in [-0.1, -0.05) is 11.6 Å². The topological polar surface area (TPSA) is 97.0 Å². The van der Waals surface area contributed by atoms with E-state index in [4.69, 9.17) is 21.1 Å². The van der Waals surface area contributed by atoms with Gasteiger partial charge in [-0.25, -0.2) is 12.7 Å². The predicted octanol–water partition coefficient (Wildman–Crippen LogP) is 3.59. The summed E-state index contributed by atoms with van der Waals surface area (Å²) in [4.78, 5) is 12.2. The van der Waals surface area contributed by atoms with Gasteiger partial charge >= 0.3 is 6.18 Å². The van der Waals surface area contributed by atoms with Gasteiger partial charge in [0.1, 0.15) is 16.4 Å². The number of benzene rings is 2. The molecule has 0 heterocycles. The van der Waals surface area contributed by atoms with Crippen LogP contribution in [0.25, 0.3) is 0 Å². The monoisotopic (exact) mass is 495 g/mol. The molecule has 32 heavy (non-hydrogen) atoms. The number of sulfonamides is 1. The average molecular weight is 496 g/mol. The van der Waals surface area contributed by atoms with E-state index < -0.39 is 28.7 Å². The van der Waals surface area contributed by atoms with Gasteiger partial charge in [0.15, 0.2) is 6.61 Å². The van der Waals surface area contributed by atoms with Crippen LogP contribution in [0.15, 0.2) is 41.3 Å². The van der Waals surface area contributed by atoms with E-state index in [2.05, 4.69) is 10.6 Å². The second-order valence-corrected chi connectivity index (χ2v) is 9.16. The Kier molecular flexibility index (Phi) is 8.21. The van der Waals surface area contributed by atoms with Crippen molar-refractivity contribution in [2.75, 3.05) is 45.0 Å². The molecule has 176 valence electrons. The molecule has 0 aliphatic carbocycles. The van der Waals surface area contributed by atoms with E-state index in [0.717, 1.165) is 4.31 Å². The van der Waals surface area contributed by atoms with Crippen molar-refractivity contribution >= 4 is 38.9 Å². The van der Waals surface area contributed by atoms with Crippen molar-refractivity contribution in [2.24, 2.45) is 0 Å². The molecule has 0 aromatic heterocycles. The lowest BCUT2D eigenvalue weighted by molar-refractivity contribution is -0.153. The number of carbonyl (C=O) groups excluding carboxylic acids is 1. The minimum absolute atomic E-state index is 0.0857. The Hall–Kier alpha value is -2.70. The van der Waals surface area contributed by atoms with Crippen molar-refractivity contribution in [3.8, 4) is 11.5 Å². The summed E-state index contributed by atoms with van der Waals surface area (Å²) in [6, 6.07) is 7.99. The molecular weight excluding hydrogens is 475 g/mol. The molecule has 0 aliphatic heterocycles. The van der Waals surface area contributed by atoms with Gasteiger partial charge in [0.2, 0.25) is 15.9 Å². The third-order valence-corrected chi connectivity index (χ3v) is 6.05. The van der Waals surface area contributed by atoms with Gasteiger partial charge in [0, 0.05) is 24.8 Å². The molecular formula is C19H21ClF3N3O5S. The largest absolute Gasteiger partial charge is 0.495 e. The summed E-state index contributed by atoms with van der Waals surface area (Å²) in [7, 11) is 0.181. The molecule has 2 rings (SSSR count). The summed E-state index contributed by atoms with van der Waals surface area (Å²) in [6.07, 6.45) is -4.53. The van der Waals surface area contributed by atoms with Gasteiger partial charge in [-0.15, -0.1) is 0 Å². The van der Waals surface area contributed by atoms with Crippen LogP contribution in [0.5, 0.6) is 11.5 Å². The van der Waals surface area contributed by atoms with Crippen LogP contribution in [0.3, 0.4) is 0 Å². The number of carbonyl (C=O) groups is 1. The summed E-state index contributed by atoms with van der Waals surface area (Å²) in [6.45, 7) is -1.87. The van der Waals surface area contributed by atoms with Gasteiger partial charge in [0.05, 0.1) is 19.3 Å². The highest BCUT2D eigenvalue weighted by atomic mass is 35.5. The third kappa shape index (κ3) is 6.90. The standard InChI is InChI=1S/C19H21ClF3N3O5S/c1-26(2)32(28,29)17-9-13(5-7-16(17)30-3)25-18(27)10-24-14-8-12(20)4-6-15(14)31-11-19(21,22)23/h4-9,24H,10-11H2,1-3H3,(H,25,27). The summed E-state index contributed by atoms with van der Waals surface area (Å²) >= 11 is 5.88. The summed E-state index contributed by atoms with van der Waals surface area (Å²) < 4.78 is 73.1. The highest BCUT2D eigenvalue weighted by molar-refractivity contribution is 7.89. The predicted molar refractivity (Wildman–Crippen MR) is 114 cm³/mol. The van der Waals surface area contributed by atoms with Crippen LogP contribution < -0.4 is 20.1 Å². The number of ether oxygens (including phenoxy) is 2. The molecule has 0 fully saturated rings. The first-order valence-corrected chi connectivity index (χ1v) is 10.8. The van der Waals surface area contributed by atoms with Crippen LogP contribution in [0, 0.1) is 0 Å². The number of alkyl halides is 3. The number of amides is 1. The van der Waals surface area contributed by atoms with Crippen LogP contribution in [-0.2, 0) is 14.8 Å². The number of nitrogens with one attached hydrogen (secondary N) is 2. The first-order chi connectivity index (χ1) is 14.8. The van der Waals surface area contributed by atoms with E-state index in [9.17, 15) is 26.4 Å². The van der Waals surface area contributed by atoms with Crippen LogP contribution in [0.4, 0.5) is 24.5 Å². The van der Waals surface area contributed by atoms with Crippen LogP contribution >= 0.6 is 11.6 Å². The maximum atomic E-state index is 12.5. The van der Waals surface area contributed by atoms with Gasteiger partial charge in [-0.2, -0.15) is 13.2 Å². The molecule has 13 heteroatoms. The number of nitrogens with zero attached hydrogens (tertiary/aromatic N) is 1. The molecule has 0 spiro atoms. The molecule has 0 atom stereocenters. The van der Waals surface area contributed by atoms with Gasteiger partial charge in [-0.3, -0.25) is 4.79 Å². The molecule has 8 nitrogen and oxygen atoms in total. The lowest BCUT2D eigenvalue weighted by Gasteiger charge is -2.16. The van der Waals surface area contributed by atoms with Crippen molar-refractivity contribution in [1.82, 2.24) is 4.31 Å². The first-order valence-electron chi connectivity index (χ1n) is 8.97. The van der Waals surface area contributed by atoms with E-state index in [0.29, 0.717) is 0 Å². The fraction of sp³-hybridized carbons (Fsp3) is 0.316. The van der Waals surface area contributed by atoms with Crippen molar-refractivity contribution in [3.05, 3.63) is 41.4 Å². The second kappa shape index (κ2) is 10.3. The van der Waals surface area contributed by atoms with E-state index in [1.165, 1.54) is 57.6 Å². The third-order valence-electron chi connectivity index (χ3n) is 3.98. The second-order valence-electron chi connectivity index (χ2n) is 6.60. The Bertz CT molecular complexity index is 1080. The number of hydrogen-bond donors (Lipinski definition) is 2. The molecule has 0 aliphatic rings. The number of anilines is 2. The zero-order valence-corrected chi connectivity index (χ0v) is 18.9. The van der Waals surface area contributed by atoms with Crippen LogP contribution in [0.2, 0.25) is 5.02 Å². The number of methoxy groups -OCH3 is 1. The van der Waals surface area contributed by atoms with E-state index in [1.54, 1.807) is 0 Å². The van der Waals surface area contributed by atoms with Crippen molar-refractivity contribution in [3.63, 3.8) is 0 Å². The molecule has 2 aromatic carbocycles. The lowest BCUT2D eigenvalue weighted by Crippen LogP contribution is -2.24. The van der Waals surface area contributed by atoms with Gasteiger partial charge in [-0.05, 0) is 36.4 Å². The minimum atomic E-state index is -4.53. The van der Waals surface area contributed by atoms with E-state index in [1.807, 2.05) is 0 Å². The molecule has 2 aromatic rings. The van der Waals surface area contributed by atoms with E-state index >= 15 is 0 Å². The zero-order chi connectivity index (χ0) is 24.1. The SMILES string of the molecule is COc1ccc(NC(=O)CNc2cc(Cl)ccc2OCC(F)(F)F)cc1S(=O)(=O)N(C)C. The Morgan fingerprint density at radius 1 is 1.12 bits per heavy atom. The number of hydrogen-bond acceptors (Lipinski definition) is 6. The molecule has 0 bridgehead atoms. The fourth-order valence-electron chi connectivity index (χ4n) is 2.46. The average Bonchev–Trinajstić information content (AvgIpc) is 2.70. The normalized spacial score (nSPS) is 11.9. The smallest absolute Gasteiger partial charge is 0.422 e. The van der Waals surface area contributed by atoms with Crippen LogP contribution in [-0.4, -0.2) is 59.2 Å². The molecule has 0 saturated heterocycles. The number of rotatable bonds is 9. The highest BCUT2D eigenvalue weighted by Gasteiger charge is 2.29. The Morgan fingerprint density at radius 3 is 2.38 bits per heavy atom. The number of halogens is 4. The minimum Gasteiger partial charge on any atom is -0.495 e. The van der Waals surface area contributed by atoms with E-state index in [-0.39, 0.29) is 39.3 Å². The maximum Gasteiger partial charge on any atom is 0.422 e. The molecule has 1 amide bonds. The summed E-state index contributed by atoms with van der Waals surface area (Å²) in [5, 5.41) is 5.39. The Labute approximate surface area is 188 Å². The molecule has 0 radical (unpaired) electrons. The fourth-order valence-corrected chi connectivity index (χ4v) is 3.71. The van der Waals surface area contributed by atoms with Gasteiger partial charge < -0.3 is 20.1 Å². The van der Waals surface area contributed by atoms with Crippen molar-refractivity contribution < 1.29 is 35.9 Å². The van der Waals surface area contributed by atoms with Crippen molar-refractivity contribution in [1.29, 1.82) is 0 Å². The highest BCUT2D eigenvalue weighted by Crippen LogP contribution is 2.30. The first kappa shape index (κ1) is 25.6. The molecule has 0 saturated carbocycles. The van der Waals surface area contributed by atoms with Gasteiger partial charge in [0.25, 0.3) is 0 Å². The zero-order valence-electron chi connectivity index (χ0n) is 17.3. The maximum absolute atomic E-state index is 12.5. The Balaban J connectivity index is 2.13. The Morgan fingerprint density at radius 2 is 1.78 bits per heavy atom. The summed E-state index contributed by atoms with van der Waals surface area (Å²) in [5.41, 5.74) is 0.264. The quantitative estimate of drug-likeness (QED) is 0.552. The lowest BCUT2D eigenvalue weighted by atomic mass is 10.2. The molecule has 0 unspecified atom stereocenters. The van der Waals surface area contributed by atoms with Crippen molar-refractivity contribution in [2.45, 2.75) is 11.1 Å². The molecule has 2 N–H and O–H groups in total. The summed E-state index contributed by atoms with van der Waals surface area (Å²) in [5.74, 6) is -0.631. The van der Waals surface area contributed by atoms with Crippen LogP contribution in [0.1, 0.15) is 0 Å².